The highest BCUT2D eigenvalue weighted by Crippen LogP contribution is 2.26. The molecule has 1 atom stereocenters. The molecule has 0 aromatic carbocycles. The number of hydrogen-bond donors (Lipinski definition) is 3. The predicted molar refractivity (Wildman–Crippen MR) is 66.7 cm³/mol. The van der Waals surface area contributed by atoms with Crippen molar-refractivity contribution in [1.82, 2.24) is 4.72 Å². The van der Waals surface area contributed by atoms with Crippen molar-refractivity contribution in [2.45, 2.75) is 56.3 Å². The molecule has 106 valence electrons. The van der Waals surface area contributed by atoms with E-state index in [1.807, 2.05) is 0 Å². The summed E-state index contributed by atoms with van der Waals surface area (Å²) in [5.74, 6) is -1.39. The van der Waals surface area contributed by atoms with E-state index in [0.29, 0.717) is 12.8 Å². The minimum Gasteiger partial charge on any atom is -0.480 e. The van der Waals surface area contributed by atoms with E-state index in [-0.39, 0.29) is 6.54 Å². The second kappa shape index (κ2) is 5.99. The maximum Gasteiger partial charge on any atom is 0.323 e. The highest BCUT2D eigenvalue weighted by Gasteiger charge is 2.33. The molecule has 1 aliphatic rings. The quantitative estimate of drug-likeness (QED) is 0.634. The molecule has 1 saturated carbocycles. The molecule has 7 heteroatoms. The molecule has 0 aromatic rings. The summed E-state index contributed by atoms with van der Waals surface area (Å²) in [4.78, 5) is 10.7. The lowest BCUT2D eigenvalue weighted by molar-refractivity contribution is -0.136. The van der Waals surface area contributed by atoms with Gasteiger partial charge in [0.25, 0.3) is 0 Å². The third-order valence-electron chi connectivity index (χ3n) is 3.45. The third kappa shape index (κ3) is 4.22. The van der Waals surface area contributed by atoms with Crippen LogP contribution in [0.4, 0.5) is 0 Å². The van der Waals surface area contributed by atoms with E-state index in [1.54, 1.807) is 0 Å². The van der Waals surface area contributed by atoms with Gasteiger partial charge >= 0.3 is 5.97 Å². The van der Waals surface area contributed by atoms with E-state index >= 15 is 0 Å². The fourth-order valence-electron chi connectivity index (χ4n) is 2.06. The maximum atomic E-state index is 11.6. The van der Waals surface area contributed by atoms with Gasteiger partial charge in [-0.15, -0.1) is 0 Å². The summed E-state index contributed by atoms with van der Waals surface area (Å²) in [5, 5.41) is 17.4. The lowest BCUT2D eigenvalue weighted by Gasteiger charge is -2.27. The molecule has 0 aliphatic heterocycles. The normalized spacial score (nSPS) is 22.1. The van der Waals surface area contributed by atoms with Crippen molar-refractivity contribution in [1.29, 1.82) is 0 Å². The Kier molecular flexibility index (Phi) is 5.12. The van der Waals surface area contributed by atoms with Gasteiger partial charge in [-0.05, 0) is 19.8 Å². The van der Waals surface area contributed by atoms with Crippen LogP contribution >= 0.6 is 0 Å². The first-order valence-electron chi connectivity index (χ1n) is 6.20. The first-order valence-corrected chi connectivity index (χ1v) is 7.75. The van der Waals surface area contributed by atoms with Crippen molar-refractivity contribution in [3.8, 4) is 0 Å². The molecule has 1 fully saturated rings. The first kappa shape index (κ1) is 15.4. The van der Waals surface area contributed by atoms with Crippen LogP contribution < -0.4 is 4.72 Å². The molecule has 18 heavy (non-hydrogen) atoms. The third-order valence-corrected chi connectivity index (χ3v) is 5.13. The number of aliphatic carboxylic acids is 1. The van der Waals surface area contributed by atoms with Crippen LogP contribution in [-0.4, -0.2) is 42.0 Å². The largest absolute Gasteiger partial charge is 0.480 e. The Hall–Kier alpha value is -0.660. The predicted octanol–water partition coefficient (Wildman–Crippen LogP) is 0.464. The van der Waals surface area contributed by atoms with Gasteiger partial charge in [0.1, 0.15) is 0 Å². The van der Waals surface area contributed by atoms with Gasteiger partial charge in [0.15, 0.2) is 5.25 Å². The van der Waals surface area contributed by atoms with Crippen molar-refractivity contribution in [2.75, 3.05) is 6.54 Å². The minimum atomic E-state index is -3.92. The van der Waals surface area contributed by atoms with Gasteiger partial charge in [-0.1, -0.05) is 25.7 Å². The molecule has 0 aromatic heterocycles. The Morgan fingerprint density at radius 2 is 1.78 bits per heavy atom. The van der Waals surface area contributed by atoms with E-state index in [1.165, 1.54) is 0 Å². The minimum absolute atomic E-state index is 0.104. The van der Waals surface area contributed by atoms with Gasteiger partial charge in [-0.25, -0.2) is 13.1 Å². The summed E-state index contributed by atoms with van der Waals surface area (Å²) in [6, 6.07) is 0. The summed E-state index contributed by atoms with van der Waals surface area (Å²) in [6.45, 7) is 1.01. The molecule has 1 aliphatic carbocycles. The molecule has 3 N–H and O–H groups in total. The number of carboxylic acids is 1. The molecular formula is C11H21NO5S. The second-order valence-corrected chi connectivity index (χ2v) is 7.07. The molecule has 0 saturated heterocycles. The van der Waals surface area contributed by atoms with Crippen molar-refractivity contribution < 1.29 is 23.4 Å². The zero-order chi connectivity index (χ0) is 13.8. The SMILES string of the molecule is CC(C(=O)O)S(=O)(=O)NCC1(O)CCCCCC1. The van der Waals surface area contributed by atoms with E-state index in [2.05, 4.69) is 4.72 Å². The summed E-state index contributed by atoms with van der Waals surface area (Å²) in [6.07, 6.45) is 4.93. The van der Waals surface area contributed by atoms with Crippen LogP contribution in [0, 0.1) is 0 Å². The number of aliphatic hydroxyl groups is 1. The fourth-order valence-corrected chi connectivity index (χ4v) is 3.04. The molecular weight excluding hydrogens is 258 g/mol. The molecule has 0 spiro atoms. The van der Waals surface area contributed by atoms with Crippen molar-refractivity contribution in [3.63, 3.8) is 0 Å². The number of hydrogen-bond acceptors (Lipinski definition) is 4. The van der Waals surface area contributed by atoms with Crippen molar-refractivity contribution in [2.24, 2.45) is 0 Å². The summed E-state index contributed by atoms with van der Waals surface area (Å²) in [5.41, 5.74) is -1.04. The Morgan fingerprint density at radius 1 is 1.28 bits per heavy atom. The average molecular weight is 279 g/mol. The van der Waals surface area contributed by atoms with Gasteiger partial charge < -0.3 is 10.2 Å². The smallest absolute Gasteiger partial charge is 0.323 e. The molecule has 0 bridgehead atoms. The van der Waals surface area contributed by atoms with Gasteiger partial charge in [0.05, 0.1) is 5.60 Å². The topological polar surface area (TPSA) is 104 Å². The monoisotopic (exact) mass is 279 g/mol. The van der Waals surface area contributed by atoms with Gasteiger partial charge in [0.2, 0.25) is 10.0 Å². The second-order valence-electron chi connectivity index (χ2n) is 4.99. The number of nitrogens with one attached hydrogen (secondary N) is 1. The van der Waals surface area contributed by atoms with E-state index < -0.39 is 26.8 Å². The van der Waals surface area contributed by atoms with Crippen LogP contribution in [-0.2, 0) is 14.8 Å². The fraction of sp³-hybridized carbons (Fsp3) is 0.909. The van der Waals surface area contributed by atoms with Gasteiger partial charge in [0, 0.05) is 6.54 Å². The number of carbonyl (C=O) groups is 1. The maximum absolute atomic E-state index is 11.6. The first-order chi connectivity index (χ1) is 8.27. The summed E-state index contributed by atoms with van der Waals surface area (Å²) in [7, 11) is -3.92. The van der Waals surface area contributed by atoms with Gasteiger partial charge in [-0.2, -0.15) is 0 Å². The number of rotatable bonds is 5. The van der Waals surface area contributed by atoms with Crippen LogP contribution in [0.2, 0.25) is 0 Å². The lowest BCUT2D eigenvalue weighted by atomic mass is 9.95. The Bertz CT molecular complexity index is 384. The standard InChI is InChI=1S/C11H21NO5S/c1-9(10(13)14)18(16,17)12-8-11(15)6-4-2-3-5-7-11/h9,12,15H,2-8H2,1H3,(H,13,14). The molecule has 1 unspecified atom stereocenters. The molecule has 0 amide bonds. The van der Waals surface area contributed by atoms with Crippen molar-refractivity contribution in [3.05, 3.63) is 0 Å². The van der Waals surface area contributed by atoms with E-state index in [4.69, 9.17) is 5.11 Å². The van der Waals surface area contributed by atoms with Crippen molar-refractivity contribution >= 4 is 16.0 Å². The molecule has 6 nitrogen and oxygen atoms in total. The lowest BCUT2D eigenvalue weighted by Crippen LogP contribution is -2.46. The summed E-state index contributed by atoms with van der Waals surface area (Å²) < 4.78 is 25.5. The number of carboxylic acid groups (broad SMARTS) is 1. The van der Waals surface area contributed by atoms with Crippen LogP contribution in [0.25, 0.3) is 0 Å². The van der Waals surface area contributed by atoms with Crippen LogP contribution in [0.15, 0.2) is 0 Å². The number of sulfonamides is 1. The van der Waals surface area contributed by atoms with E-state index in [0.717, 1.165) is 32.6 Å². The van der Waals surface area contributed by atoms with Crippen LogP contribution in [0.5, 0.6) is 0 Å². The Morgan fingerprint density at radius 3 is 2.22 bits per heavy atom. The van der Waals surface area contributed by atoms with E-state index in [9.17, 15) is 18.3 Å². The zero-order valence-corrected chi connectivity index (χ0v) is 11.4. The molecule has 1 rings (SSSR count). The Labute approximate surface area is 107 Å². The zero-order valence-electron chi connectivity index (χ0n) is 10.6. The highest BCUT2D eigenvalue weighted by molar-refractivity contribution is 7.90. The van der Waals surface area contributed by atoms with Crippen LogP contribution in [0.1, 0.15) is 45.4 Å². The summed E-state index contributed by atoms with van der Waals surface area (Å²) >= 11 is 0. The Balaban J connectivity index is 2.60. The highest BCUT2D eigenvalue weighted by atomic mass is 32.2. The van der Waals surface area contributed by atoms with Crippen LogP contribution in [0.3, 0.4) is 0 Å². The van der Waals surface area contributed by atoms with Gasteiger partial charge in [-0.3, -0.25) is 4.79 Å². The molecule has 0 radical (unpaired) electrons. The average Bonchev–Trinajstić information content (AvgIpc) is 2.51. The molecule has 0 heterocycles.